The van der Waals surface area contributed by atoms with Crippen molar-refractivity contribution in [3.8, 4) is 17.1 Å². The molecule has 2 heterocycles. The van der Waals surface area contributed by atoms with Gasteiger partial charge in [0.15, 0.2) is 0 Å². The Hall–Kier alpha value is -2.38. The summed E-state index contributed by atoms with van der Waals surface area (Å²) in [5.74, 6) is 1.72. The number of nitro groups is 1. The number of ether oxygens (including phenoxy) is 1. The van der Waals surface area contributed by atoms with Gasteiger partial charge in [0.1, 0.15) is 17.3 Å². The van der Waals surface area contributed by atoms with Gasteiger partial charge in [0.05, 0.1) is 30.2 Å². The fraction of sp³-hybridized carbons (Fsp3) is 0.474. The molecule has 0 aliphatic carbocycles. The van der Waals surface area contributed by atoms with E-state index >= 15 is 0 Å². The van der Waals surface area contributed by atoms with Crippen LogP contribution in [0.3, 0.4) is 0 Å². The van der Waals surface area contributed by atoms with Crippen LogP contribution in [0.4, 0.5) is 5.69 Å². The average Bonchev–Trinajstić information content (AvgIpc) is 3.05. The molecule has 0 spiro atoms. The molecule has 0 amide bonds. The quantitative estimate of drug-likeness (QED) is 0.649. The molecule has 1 saturated heterocycles. The molecular formula is C19H25N3O4. The highest BCUT2D eigenvalue weighted by Gasteiger charge is 2.33. The third kappa shape index (κ3) is 3.73. The number of likely N-dealkylation sites (tertiary alicyclic amines) is 1. The van der Waals surface area contributed by atoms with E-state index in [4.69, 9.17) is 14.9 Å². The Balaban J connectivity index is 1.79. The standard InChI is InChI=1S/C19H25N3O4/c1-19(2)12-21(9-8-18(19)20)11-14-5-7-17(26-14)15-6-4-13(25-3)10-16(15)22(23)24/h4-7,10,18H,8-9,11-12,20H2,1-3H3. The predicted molar refractivity (Wildman–Crippen MR) is 99.0 cm³/mol. The minimum absolute atomic E-state index is 0.0321. The van der Waals surface area contributed by atoms with Crippen LogP contribution < -0.4 is 10.5 Å². The van der Waals surface area contributed by atoms with Crippen LogP contribution in [0.25, 0.3) is 11.3 Å². The van der Waals surface area contributed by atoms with Crippen LogP contribution in [0.1, 0.15) is 26.0 Å². The van der Waals surface area contributed by atoms with Crippen molar-refractivity contribution in [3.63, 3.8) is 0 Å². The van der Waals surface area contributed by atoms with Gasteiger partial charge in [-0.1, -0.05) is 13.8 Å². The van der Waals surface area contributed by atoms with Crippen molar-refractivity contribution in [1.82, 2.24) is 4.90 Å². The first-order valence-corrected chi connectivity index (χ1v) is 8.69. The number of nitrogens with zero attached hydrogens (tertiary/aromatic N) is 2. The Morgan fingerprint density at radius 2 is 2.15 bits per heavy atom. The van der Waals surface area contributed by atoms with E-state index in [1.54, 1.807) is 18.2 Å². The van der Waals surface area contributed by atoms with Crippen LogP contribution in [0, 0.1) is 15.5 Å². The third-order valence-electron chi connectivity index (χ3n) is 5.10. The number of furan rings is 1. The highest BCUT2D eigenvalue weighted by Crippen LogP contribution is 2.35. The van der Waals surface area contributed by atoms with Crippen molar-refractivity contribution in [3.05, 3.63) is 46.2 Å². The monoisotopic (exact) mass is 359 g/mol. The number of hydrogen-bond donors (Lipinski definition) is 1. The summed E-state index contributed by atoms with van der Waals surface area (Å²) in [6, 6.07) is 8.62. The molecule has 2 aromatic rings. The summed E-state index contributed by atoms with van der Waals surface area (Å²) in [5.41, 5.74) is 6.67. The molecule has 140 valence electrons. The van der Waals surface area contributed by atoms with Gasteiger partial charge in [-0.2, -0.15) is 0 Å². The molecule has 1 aliphatic rings. The molecule has 0 radical (unpaired) electrons. The summed E-state index contributed by atoms with van der Waals surface area (Å²) in [6.07, 6.45) is 0.949. The lowest BCUT2D eigenvalue weighted by atomic mass is 9.80. The SMILES string of the molecule is COc1ccc(-c2ccc(CN3CCC(N)C(C)(C)C3)o2)c([N+](=O)[O-])c1. The lowest BCUT2D eigenvalue weighted by Crippen LogP contribution is -2.51. The fourth-order valence-electron chi connectivity index (χ4n) is 3.45. The number of nitro benzene ring substituents is 1. The van der Waals surface area contributed by atoms with E-state index in [0.717, 1.165) is 25.3 Å². The molecule has 1 aliphatic heterocycles. The molecule has 1 aromatic heterocycles. The van der Waals surface area contributed by atoms with E-state index in [1.165, 1.54) is 13.2 Å². The third-order valence-corrected chi connectivity index (χ3v) is 5.10. The Morgan fingerprint density at radius 3 is 2.81 bits per heavy atom. The van der Waals surface area contributed by atoms with Gasteiger partial charge in [0.25, 0.3) is 5.69 Å². The molecule has 2 N–H and O–H groups in total. The lowest BCUT2D eigenvalue weighted by molar-refractivity contribution is -0.384. The molecule has 0 bridgehead atoms. The van der Waals surface area contributed by atoms with Gasteiger partial charge in [0, 0.05) is 19.1 Å². The largest absolute Gasteiger partial charge is 0.497 e. The molecule has 1 aromatic carbocycles. The smallest absolute Gasteiger partial charge is 0.284 e. The summed E-state index contributed by atoms with van der Waals surface area (Å²) in [7, 11) is 1.48. The van der Waals surface area contributed by atoms with Crippen molar-refractivity contribution in [2.24, 2.45) is 11.1 Å². The zero-order valence-electron chi connectivity index (χ0n) is 15.4. The Morgan fingerprint density at radius 1 is 1.38 bits per heavy atom. The maximum absolute atomic E-state index is 11.4. The number of rotatable bonds is 5. The van der Waals surface area contributed by atoms with Gasteiger partial charge in [-0.25, -0.2) is 0 Å². The Kier molecular flexibility index (Phi) is 5.02. The van der Waals surface area contributed by atoms with Gasteiger partial charge in [-0.05, 0) is 36.1 Å². The van der Waals surface area contributed by atoms with Gasteiger partial charge >= 0.3 is 0 Å². The van der Waals surface area contributed by atoms with Crippen LogP contribution in [0.5, 0.6) is 5.75 Å². The van der Waals surface area contributed by atoms with Crippen LogP contribution in [0.15, 0.2) is 34.7 Å². The maximum atomic E-state index is 11.4. The van der Waals surface area contributed by atoms with E-state index in [-0.39, 0.29) is 17.1 Å². The second-order valence-electron chi connectivity index (χ2n) is 7.50. The molecule has 26 heavy (non-hydrogen) atoms. The molecule has 1 fully saturated rings. The number of methoxy groups -OCH3 is 1. The zero-order valence-corrected chi connectivity index (χ0v) is 15.4. The minimum Gasteiger partial charge on any atom is -0.497 e. The summed E-state index contributed by atoms with van der Waals surface area (Å²) in [5, 5.41) is 11.4. The van der Waals surface area contributed by atoms with Crippen LogP contribution in [-0.2, 0) is 6.54 Å². The highest BCUT2D eigenvalue weighted by atomic mass is 16.6. The number of benzene rings is 1. The highest BCUT2D eigenvalue weighted by molar-refractivity contribution is 5.71. The second-order valence-corrected chi connectivity index (χ2v) is 7.50. The van der Waals surface area contributed by atoms with Crippen LogP contribution >= 0.6 is 0 Å². The normalized spacial score (nSPS) is 20.1. The van der Waals surface area contributed by atoms with E-state index in [0.29, 0.717) is 23.6 Å². The first-order valence-electron chi connectivity index (χ1n) is 8.69. The summed E-state index contributed by atoms with van der Waals surface area (Å²) in [4.78, 5) is 13.3. The fourth-order valence-corrected chi connectivity index (χ4v) is 3.45. The van der Waals surface area contributed by atoms with E-state index in [1.807, 2.05) is 6.07 Å². The van der Waals surface area contributed by atoms with Crippen molar-refractivity contribution < 1.29 is 14.1 Å². The Labute approximate surface area is 152 Å². The summed E-state index contributed by atoms with van der Waals surface area (Å²) in [6.45, 7) is 6.84. The number of piperidine rings is 1. The van der Waals surface area contributed by atoms with Crippen molar-refractivity contribution >= 4 is 5.69 Å². The maximum Gasteiger partial charge on any atom is 0.284 e. The van der Waals surface area contributed by atoms with Crippen molar-refractivity contribution in [1.29, 1.82) is 0 Å². The van der Waals surface area contributed by atoms with E-state index in [2.05, 4.69) is 18.7 Å². The molecule has 3 rings (SSSR count). The topological polar surface area (TPSA) is 94.8 Å². The van der Waals surface area contributed by atoms with Crippen LogP contribution in [-0.4, -0.2) is 36.1 Å². The predicted octanol–water partition coefficient (Wildman–Crippen LogP) is 3.42. The average molecular weight is 359 g/mol. The second kappa shape index (κ2) is 7.09. The zero-order chi connectivity index (χ0) is 18.9. The molecule has 7 heteroatoms. The number of hydrogen-bond acceptors (Lipinski definition) is 6. The summed E-state index contributed by atoms with van der Waals surface area (Å²) >= 11 is 0. The van der Waals surface area contributed by atoms with Crippen LogP contribution in [0.2, 0.25) is 0 Å². The molecule has 0 saturated carbocycles. The molecule has 1 unspecified atom stereocenters. The van der Waals surface area contributed by atoms with Gasteiger partial charge in [-0.15, -0.1) is 0 Å². The minimum atomic E-state index is -0.422. The molecule has 7 nitrogen and oxygen atoms in total. The molecular weight excluding hydrogens is 334 g/mol. The van der Waals surface area contributed by atoms with E-state index < -0.39 is 4.92 Å². The molecule has 1 atom stereocenters. The van der Waals surface area contributed by atoms with Gasteiger partial charge in [0.2, 0.25) is 0 Å². The first-order chi connectivity index (χ1) is 12.3. The van der Waals surface area contributed by atoms with Gasteiger partial charge in [-0.3, -0.25) is 15.0 Å². The number of nitrogens with two attached hydrogens (primary N) is 1. The Bertz CT molecular complexity index is 800. The first kappa shape index (κ1) is 18.4. The van der Waals surface area contributed by atoms with Crippen molar-refractivity contribution in [2.75, 3.05) is 20.2 Å². The van der Waals surface area contributed by atoms with E-state index in [9.17, 15) is 10.1 Å². The summed E-state index contributed by atoms with van der Waals surface area (Å²) < 4.78 is 11.0. The lowest BCUT2D eigenvalue weighted by Gasteiger charge is -2.42. The van der Waals surface area contributed by atoms with Crippen molar-refractivity contribution in [2.45, 2.75) is 32.9 Å². The van der Waals surface area contributed by atoms with Gasteiger partial charge < -0.3 is 14.9 Å².